The van der Waals surface area contributed by atoms with E-state index in [1.807, 2.05) is 32.0 Å². The van der Waals surface area contributed by atoms with Gasteiger partial charge in [0.2, 0.25) is 11.8 Å². The van der Waals surface area contributed by atoms with E-state index in [-0.39, 0.29) is 24.8 Å². The van der Waals surface area contributed by atoms with E-state index in [0.29, 0.717) is 5.02 Å². The highest BCUT2D eigenvalue weighted by Gasteiger charge is 2.17. The van der Waals surface area contributed by atoms with Crippen molar-refractivity contribution in [1.82, 2.24) is 16.2 Å². The lowest BCUT2D eigenvalue weighted by Crippen LogP contribution is -2.45. The summed E-state index contributed by atoms with van der Waals surface area (Å²) in [7, 11) is 0. The third-order valence-electron chi connectivity index (χ3n) is 4.20. The molecule has 0 aliphatic rings. The second-order valence-electron chi connectivity index (χ2n) is 6.78. The van der Waals surface area contributed by atoms with Crippen molar-refractivity contribution >= 4 is 35.0 Å². The molecule has 7 nitrogen and oxygen atoms in total. The fourth-order valence-corrected chi connectivity index (χ4v) is 2.93. The zero-order chi connectivity index (χ0) is 21.4. The van der Waals surface area contributed by atoms with Crippen LogP contribution in [0.4, 0.5) is 5.69 Å². The molecule has 29 heavy (non-hydrogen) atoms. The van der Waals surface area contributed by atoms with Crippen LogP contribution in [0.2, 0.25) is 5.02 Å². The van der Waals surface area contributed by atoms with Gasteiger partial charge >= 0.3 is 0 Å². The van der Waals surface area contributed by atoms with Gasteiger partial charge in [-0.25, -0.2) is 0 Å². The zero-order valence-corrected chi connectivity index (χ0v) is 17.4. The predicted molar refractivity (Wildman–Crippen MR) is 113 cm³/mol. The Hall–Kier alpha value is -3.06. The molecule has 0 saturated heterocycles. The maximum Gasteiger partial charge on any atom is 0.257 e. The number of nitrogens with one attached hydrogen (secondary N) is 4. The molecular weight excluding hydrogens is 392 g/mol. The monoisotopic (exact) mass is 416 g/mol. The average Bonchev–Trinajstić information content (AvgIpc) is 2.65. The Balaban J connectivity index is 1.85. The number of benzene rings is 2. The van der Waals surface area contributed by atoms with Crippen LogP contribution in [0.5, 0.6) is 0 Å². The van der Waals surface area contributed by atoms with Crippen molar-refractivity contribution in [2.45, 2.75) is 33.2 Å². The van der Waals surface area contributed by atoms with Crippen LogP contribution in [0, 0.1) is 13.8 Å². The fraction of sp³-hybridized carbons (Fsp3) is 0.286. The van der Waals surface area contributed by atoms with Crippen LogP contribution < -0.4 is 21.5 Å². The molecule has 8 heteroatoms. The van der Waals surface area contributed by atoms with Crippen molar-refractivity contribution in [3.63, 3.8) is 0 Å². The highest BCUT2D eigenvalue weighted by atomic mass is 35.5. The van der Waals surface area contributed by atoms with Gasteiger partial charge in [0.25, 0.3) is 5.91 Å². The van der Waals surface area contributed by atoms with E-state index in [0.717, 1.165) is 22.4 Å². The second kappa shape index (κ2) is 10.5. The van der Waals surface area contributed by atoms with Crippen LogP contribution in [-0.2, 0) is 14.4 Å². The second-order valence-corrected chi connectivity index (χ2v) is 7.21. The third-order valence-corrected chi connectivity index (χ3v) is 4.45. The van der Waals surface area contributed by atoms with Crippen LogP contribution in [0.3, 0.4) is 0 Å². The van der Waals surface area contributed by atoms with Gasteiger partial charge in [0.1, 0.15) is 0 Å². The quantitative estimate of drug-likeness (QED) is 0.521. The molecule has 0 radical (unpaired) electrons. The van der Waals surface area contributed by atoms with E-state index in [4.69, 9.17) is 11.6 Å². The molecule has 4 N–H and O–H groups in total. The minimum absolute atomic E-state index is 0.0104. The zero-order valence-electron chi connectivity index (χ0n) is 16.6. The smallest absolute Gasteiger partial charge is 0.257 e. The molecule has 1 atom stereocenters. The highest BCUT2D eigenvalue weighted by molar-refractivity contribution is 6.30. The summed E-state index contributed by atoms with van der Waals surface area (Å²) in [5, 5.41) is 6.31. The van der Waals surface area contributed by atoms with Gasteiger partial charge in [-0.05, 0) is 43.2 Å². The summed E-state index contributed by atoms with van der Waals surface area (Å²) >= 11 is 5.88. The molecule has 0 aliphatic carbocycles. The Kier molecular flexibility index (Phi) is 8.03. The number of carbonyl (C=O) groups excluding carboxylic acids is 3. The molecule has 2 aromatic rings. The molecule has 2 aromatic carbocycles. The van der Waals surface area contributed by atoms with Crippen molar-refractivity contribution in [3.8, 4) is 0 Å². The molecule has 0 fully saturated rings. The molecular formula is C21H25ClN4O3. The summed E-state index contributed by atoms with van der Waals surface area (Å²) in [5.41, 5.74) is 8.50. The largest absolute Gasteiger partial charge is 0.376 e. The standard InChI is InChI=1S/C21H25ClN4O3/c1-13-4-9-18(14(2)10-13)23-12-21(29)26-25-20(28)11-19(24-15(3)27)16-5-7-17(22)8-6-16/h4-10,19,23H,11-12H2,1-3H3,(H,24,27)(H,25,28)(H,26,29). The van der Waals surface area contributed by atoms with Crippen molar-refractivity contribution in [3.05, 3.63) is 64.2 Å². The van der Waals surface area contributed by atoms with E-state index in [1.165, 1.54) is 6.92 Å². The van der Waals surface area contributed by atoms with E-state index >= 15 is 0 Å². The maximum atomic E-state index is 12.2. The lowest BCUT2D eigenvalue weighted by Gasteiger charge is -2.18. The first-order chi connectivity index (χ1) is 13.7. The predicted octanol–water partition coefficient (Wildman–Crippen LogP) is 2.78. The van der Waals surface area contributed by atoms with Crippen molar-refractivity contribution in [2.75, 3.05) is 11.9 Å². The summed E-state index contributed by atoms with van der Waals surface area (Å²) in [6.07, 6.45) is -0.0357. The Morgan fingerprint density at radius 1 is 0.966 bits per heavy atom. The first kappa shape index (κ1) is 22.2. The molecule has 0 saturated carbocycles. The SMILES string of the molecule is CC(=O)NC(CC(=O)NNC(=O)CNc1ccc(C)cc1C)c1ccc(Cl)cc1. The Bertz CT molecular complexity index is 884. The number of hydrogen-bond donors (Lipinski definition) is 4. The number of hydrazine groups is 1. The fourth-order valence-electron chi connectivity index (χ4n) is 2.80. The number of rotatable bonds is 7. The van der Waals surface area contributed by atoms with Gasteiger partial charge in [-0.15, -0.1) is 0 Å². The first-order valence-electron chi connectivity index (χ1n) is 9.16. The van der Waals surface area contributed by atoms with Crippen molar-refractivity contribution in [2.24, 2.45) is 0 Å². The van der Waals surface area contributed by atoms with Crippen molar-refractivity contribution < 1.29 is 14.4 Å². The van der Waals surface area contributed by atoms with Crippen LogP contribution in [-0.4, -0.2) is 24.3 Å². The maximum absolute atomic E-state index is 12.2. The van der Waals surface area contributed by atoms with Crippen molar-refractivity contribution in [1.29, 1.82) is 0 Å². The van der Waals surface area contributed by atoms with Gasteiger partial charge in [0.15, 0.2) is 0 Å². The summed E-state index contributed by atoms with van der Waals surface area (Å²) in [6.45, 7) is 5.34. The third kappa shape index (κ3) is 7.46. The number of amides is 3. The molecule has 0 bridgehead atoms. The van der Waals surface area contributed by atoms with Gasteiger partial charge < -0.3 is 10.6 Å². The van der Waals surface area contributed by atoms with Gasteiger partial charge in [-0.1, -0.05) is 41.4 Å². The molecule has 2 rings (SSSR count). The number of aryl methyl sites for hydroxylation is 2. The summed E-state index contributed by atoms with van der Waals surface area (Å²) in [4.78, 5) is 35.7. The molecule has 3 amide bonds. The summed E-state index contributed by atoms with van der Waals surface area (Å²) in [5.74, 6) is -1.08. The number of anilines is 1. The summed E-state index contributed by atoms with van der Waals surface area (Å²) in [6, 6.07) is 12.2. The Labute approximate surface area is 175 Å². The molecule has 154 valence electrons. The van der Waals surface area contributed by atoms with E-state index in [1.54, 1.807) is 24.3 Å². The van der Waals surface area contributed by atoms with E-state index < -0.39 is 11.9 Å². The van der Waals surface area contributed by atoms with Gasteiger partial charge in [-0.2, -0.15) is 0 Å². The molecule has 0 aliphatic heterocycles. The minimum Gasteiger partial charge on any atom is -0.376 e. The molecule has 0 heterocycles. The first-order valence-corrected chi connectivity index (χ1v) is 9.53. The summed E-state index contributed by atoms with van der Waals surface area (Å²) < 4.78 is 0. The van der Waals surface area contributed by atoms with Crippen LogP contribution >= 0.6 is 11.6 Å². The number of carbonyl (C=O) groups is 3. The van der Waals surface area contributed by atoms with Crippen LogP contribution in [0.25, 0.3) is 0 Å². The van der Waals surface area contributed by atoms with Gasteiger partial charge in [-0.3, -0.25) is 25.2 Å². The lowest BCUT2D eigenvalue weighted by atomic mass is 10.0. The molecule has 1 unspecified atom stereocenters. The number of halogens is 1. The van der Waals surface area contributed by atoms with E-state index in [2.05, 4.69) is 21.5 Å². The lowest BCUT2D eigenvalue weighted by molar-refractivity contribution is -0.128. The Morgan fingerprint density at radius 3 is 2.24 bits per heavy atom. The minimum atomic E-state index is -0.532. The van der Waals surface area contributed by atoms with Gasteiger partial charge in [0.05, 0.1) is 19.0 Å². The molecule has 0 aromatic heterocycles. The normalized spacial score (nSPS) is 11.3. The van der Waals surface area contributed by atoms with Crippen LogP contribution in [0.15, 0.2) is 42.5 Å². The topological polar surface area (TPSA) is 99.3 Å². The van der Waals surface area contributed by atoms with Crippen LogP contribution in [0.1, 0.15) is 36.1 Å². The highest BCUT2D eigenvalue weighted by Crippen LogP contribution is 2.19. The van der Waals surface area contributed by atoms with E-state index in [9.17, 15) is 14.4 Å². The Morgan fingerprint density at radius 2 is 1.62 bits per heavy atom. The number of hydrogen-bond acceptors (Lipinski definition) is 4. The average molecular weight is 417 g/mol. The van der Waals surface area contributed by atoms with Gasteiger partial charge in [0, 0.05) is 17.6 Å². The molecule has 0 spiro atoms.